The van der Waals surface area contributed by atoms with Gasteiger partial charge in [0.2, 0.25) is 5.55 Å². The summed E-state index contributed by atoms with van der Waals surface area (Å²) < 4.78 is 5.95. The fraction of sp³-hybridized carbons (Fsp3) is 0.200. The first-order chi connectivity index (χ1) is 11.7. The first-order valence-electron chi connectivity index (χ1n) is 8.08. The van der Waals surface area contributed by atoms with Crippen molar-refractivity contribution in [2.45, 2.75) is 13.8 Å². The fourth-order valence-electron chi connectivity index (χ4n) is 2.68. The summed E-state index contributed by atoms with van der Waals surface area (Å²) in [5.41, 5.74) is 3.37. The number of para-hydroxylation sites is 1. The number of hydrogen-bond donors (Lipinski definition) is 0. The van der Waals surface area contributed by atoms with Crippen molar-refractivity contribution >= 4 is 22.3 Å². The molecule has 0 bridgehead atoms. The highest BCUT2D eigenvalue weighted by atomic mass is 16.3. The van der Waals surface area contributed by atoms with Crippen LogP contribution in [0.25, 0.3) is 11.0 Å². The molecule has 0 fully saturated rings. The number of benzene rings is 2. The van der Waals surface area contributed by atoms with Gasteiger partial charge in [0, 0.05) is 30.2 Å². The van der Waals surface area contributed by atoms with Crippen LogP contribution in [-0.4, -0.2) is 13.1 Å². The van der Waals surface area contributed by atoms with Crippen LogP contribution in [0.15, 0.2) is 64.0 Å². The lowest BCUT2D eigenvalue weighted by atomic mass is 10.1. The van der Waals surface area contributed by atoms with Gasteiger partial charge >= 0.3 is 0 Å². The molecule has 0 radical (unpaired) electrons. The minimum atomic E-state index is 0.341. The van der Waals surface area contributed by atoms with E-state index in [1.165, 1.54) is 0 Å². The molecule has 0 amide bonds. The van der Waals surface area contributed by atoms with Crippen molar-refractivity contribution in [3.05, 3.63) is 65.7 Å². The average molecular weight is 317 g/mol. The zero-order chi connectivity index (χ0) is 16.9. The second kappa shape index (κ2) is 7.01. The molecule has 0 unspecified atom stereocenters. The standard InChI is InChI=1S/C20H19N3O/c1-3-23(4-2)18-11-10-15-12-16(14-21)20(24-19(15)13-18)22-17-8-6-5-7-9-17/h5-13H,3-4H2,1-2H3. The van der Waals surface area contributed by atoms with E-state index in [4.69, 9.17) is 4.42 Å². The van der Waals surface area contributed by atoms with Gasteiger partial charge in [0.05, 0.1) is 5.69 Å². The van der Waals surface area contributed by atoms with Gasteiger partial charge in [-0.15, -0.1) is 0 Å². The van der Waals surface area contributed by atoms with Crippen LogP contribution in [0.5, 0.6) is 0 Å². The number of anilines is 1. The van der Waals surface area contributed by atoms with Crippen molar-refractivity contribution < 1.29 is 4.42 Å². The lowest BCUT2D eigenvalue weighted by Crippen LogP contribution is -2.21. The molecular formula is C20H19N3O. The van der Waals surface area contributed by atoms with E-state index in [1.54, 1.807) is 0 Å². The molecule has 0 spiro atoms. The SMILES string of the molecule is CCN(CC)c1ccc2cc(C#N)c(=Nc3ccccc3)oc2c1. The molecule has 3 rings (SSSR count). The Morgan fingerprint density at radius 3 is 2.46 bits per heavy atom. The highest BCUT2D eigenvalue weighted by molar-refractivity contribution is 5.81. The van der Waals surface area contributed by atoms with Gasteiger partial charge in [-0.25, -0.2) is 4.99 Å². The van der Waals surface area contributed by atoms with Crippen LogP contribution in [0.1, 0.15) is 19.4 Å². The molecule has 4 nitrogen and oxygen atoms in total. The predicted octanol–water partition coefficient (Wildman–Crippen LogP) is 4.38. The number of fused-ring (bicyclic) bond motifs is 1. The maximum Gasteiger partial charge on any atom is 0.237 e. The molecular weight excluding hydrogens is 298 g/mol. The Kier molecular flexibility index (Phi) is 4.62. The van der Waals surface area contributed by atoms with Crippen molar-refractivity contribution in [3.63, 3.8) is 0 Å². The van der Waals surface area contributed by atoms with Gasteiger partial charge in [0.1, 0.15) is 17.2 Å². The monoisotopic (exact) mass is 317 g/mol. The molecule has 24 heavy (non-hydrogen) atoms. The van der Waals surface area contributed by atoms with Gasteiger partial charge in [-0.3, -0.25) is 0 Å². The van der Waals surface area contributed by atoms with Crippen molar-refractivity contribution in [1.82, 2.24) is 0 Å². The summed E-state index contributed by atoms with van der Waals surface area (Å²) in [4.78, 5) is 6.73. The van der Waals surface area contributed by atoms with E-state index < -0.39 is 0 Å². The molecule has 0 N–H and O–H groups in total. The highest BCUT2D eigenvalue weighted by Gasteiger charge is 2.07. The lowest BCUT2D eigenvalue weighted by Gasteiger charge is -2.21. The van der Waals surface area contributed by atoms with Gasteiger partial charge in [-0.2, -0.15) is 5.26 Å². The molecule has 0 aliphatic rings. The summed E-state index contributed by atoms with van der Waals surface area (Å²) in [6, 6.07) is 19.6. The summed E-state index contributed by atoms with van der Waals surface area (Å²) in [5, 5.41) is 10.3. The first kappa shape index (κ1) is 15.8. The maximum atomic E-state index is 9.40. The minimum absolute atomic E-state index is 0.341. The van der Waals surface area contributed by atoms with Crippen molar-refractivity contribution in [1.29, 1.82) is 5.26 Å². The van der Waals surface area contributed by atoms with E-state index in [0.717, 1.165) is 35.4 Å². The van der Waals surface area contributed by atoms with Gasteiger partial charge in [-0.05, 0) is 44.2 Å². The zero-order valence-electron chi connectivity index (χ0n) is 13.9. The average Bonchev–Trinajstić information content (AvgIpc) is 2.63. The quantitative estimate of drug-likeness (QED) is 0.717. The molecule has 0 aliphatic heterocycles. The fourth-order valence-corrected chi connectivity index (χ4v) is 2.68. The molecule has 0 saturated heterocycles. The van der Waals surface area contributed by atoms with Gasteiger partial charge < -0.3 is 9.32 Å². The van der Waals surface area contributed by atoms with Crippen LogP contribution in [-0.2, 0) is 0 Å². The van der Waals surface area contributed by atoms with Gasteiger partial charge in [-0.1, -0.05) is 18.2 Å². The van der Waals surface area contributed by atoms with Crippen LogP contribution >= 0.6 is 0 Å². The normalized spacial score (nSPS) is 11.5. The number of nitriles is 1. The molecule has 0 saturated carbocycles. The maximum absolute atomic E-state index is 9.40. The Balaban J connectivity index is 2.19. The molecule has 2 aromatic carbocycles. The molecule has 3 aromatic rings. The molecule has 4 heteroatoms. The Morgan fingerprint density at radius 2 is 1.79 bits per heavy atom. The third-order valence-corrected chi connectivity index (χ3v) is 3.97. The molecule has 1 heterocycles. The summed E-state index contributed by atoms with van der Waals surface area (Å²) in [6.07, 6.45) is 0. The topological polar surface area (TPSA) is 52.5 Å². The predicted molar refractivity (Wildman–Crippen MR) is 96.2 cm³/mol. The van der Waals surface area contributed by atoms with Crippen molar-refractivity contribution in [2.75, 3.05) is 18.0 Å². The van der Waals surface area contributed by atoms with E-state index in [9.17, 15) is 5.26 Å². The summed E-state index contributed by atoms with van der Waals surface area (Å²) >= 11 is 0. The second-order valence-electron chi connectivity index (χ2n) is 5.42. The smallest absolute Gasteiger partial charge is 0.237 e. The zero-order valence-corrected chi connectivity index (χ0v) is 13.9. The first-order valence-corrected chi connectivity index (χ1v) is 8.08. The third kappa shape index (κ3) is 3.16. The summed E-state index contributed by atoms with van der Waals surface area (Å²) in [6.45, 7) is 6.11. The van der Waals surface area contributed by atoms with E-state index in [0.29, 0.717) is 11.1 Å². The second-order valence-corrected chi connectivity index (χ2v) is 5.42. The summed E-state index contributed by atoms with van der Waals surface area (Å²) in [5.74, 6) is 0. The van der Waals surface area contributed by atoms with Gasteiger partial charge in [0.15, 0.2) is 0 Å². The molecule has 1 aromatic heterocycles. The Labute approximate surface area is 141 Å². The van der Waals surface area contributed by atoms with E-state index >= 15 is 0 Å². The minimum Gasteiger partial charge on any atom is -0.437 e. The largest absolute Gasteiger partial charge is 0.437 e. The number of hydrogen-bond acceptors (Lipinski definition) is 4. The number of rotatable bonds is 4. The number of nitrogens with zero attached hydrogens (tertiary/aromatic N) is 3. The Bertz CT molecular complexity index is 948. The van der Waals surface area contributed by atoms with Crippen LogP contribution in [0.3, 0.4) is 0 Å². The highest BCUT2D eigenvalue weighted by Crippen LogP contribution is 2.22. The van der Waals surface area contributed by atoms with Crippen molar-refractivity contribution in [3.8, 4) is 6.07 Å². The Morgan fingerprint density at radius 1 is 1.04 bits per heavy atom. The third-order valence-electron chi connectivity index (χ3n) is 3.97. The van der Waals surface area contributed by atoms with Crippen LogP contribution < -0.4 is 10.5 Å². The van der Waals surface area contributed by atoms with Crippen LogP contribution in [0.2, 0.25) is 0 Å². The molecule has 0 aliphatic carbocycles. The molecule has 120 valence electrons. The van der Waals surface area contributed by atoms with Crippen LogP contribution in [0, 0.1) is 11.3 Å². The van der Waals surface area contributed by atoms with Crippen molar-refractivity contribution in [2.24, 2.45) is 4.99 Å². The Hall–Kier alpha value is -3.06. The van der Waals surface area contributed by atoms with E-state index in [2.05, 4.69) is 35.9 Å². The lowest BCUT2D eigenvalue weighted by molar-refractivity contribution is 0.542. The van der Waals surface area contributed by atoms with E-state index in [1.807, 2.05) is 48.5 Å². The van der Waals surface area contributed by atoms with Gasteiger partial charge in [0.25, 0.3) is 0 Å². The summed E-state index contributed by atoms with van der Waals surface area (Å²) in [7, 11) is 0. The van der Waals surface area contributed by atoms with E-state index in [-0.39, 0.29) is 0 Å². The van der Waals surface area contributed by atoms with Crippen LogP contribution in [0.4, 0.5) is 11.4 Å². The molecule has 0 atom stereocenters.